The van der Waals surface area contributed by atoms with Gasteiger partial charge in [-0.3, -0.25) is 0 Å². The largest absolute Gasteiger partial charge is 0.391 e. The molecule has 3 nitrogen and oxygen atoms in total. The smallest absolute Gasteiger partial charge is 0.338 e. The number of hydrogen-bond acceptors (Lipinski definition) is 2. The van der Waals surface area contributed by atoms with Crippen LogP contribution in [0.1, 0.15) is 18.4 Å². The van der Waals surface area contributed by atoms with Crippen molar-refractivity contribution in [3.63, 3.8) is 0 Å². The standard InChI is InChI=1S/C17H19F3N2OS/c18-17(19,20)13-6-9-22(10-7-13)16(23)21-8-5-12-11-24-15-4-2-1-3-14(12)15/h1-4,11,13H,5-10H2,(H,21,23). The summed E-state index contributed by atoms with van der Waals surface area (Å²) < 4.78 is 39.1. The number of piperidine rings is 1. The number of hydrogen-bond donors (Lipinski definition) is 1. The summed E-state index contributed by atoms with van der Waals surface area (Å²) >= 11 is 1.67. The summed E-state index contributed by atoms with van der Waals surface area (Å²) in [5, 5.41) is 6.11. The van der Waals surface area contributed by atoms with Gasteiger partial charge in [0.1, 0.15) is 0 Å². The lowest BCUT2D eigenvalue weighted by Gasteiger charge is -2.32. The number of carbonyl (C=O) groups excluding carboxylic acids is 1. The molecule has 0 bridgehead atoms. The van der Waals surface area contributed by atoms with Gasteiger partial charge in [0.2, 0.25) is 0 Å². The Labute approximate surface area is 142 Å². The molecule has 1 aromatic heterocycles. The topological polar surface area (TPSA) is 32.3 Å². The Morgan fingerprint density at radius 2 is 1.96 bits per heavy atom. The van der Waals surface area contributed by atoms with Gasteiger partial charge in [-0.1, -0.05) is 18.2 Å². The van der Waals surface area contributed by atoms with Gasteiger partial charge in [0.25, 0.3) is 0 Å². The molecule has 24 heavy (non-hydrogen) atoms. The van der Waals surface area contributed by atoms with Crippen LogP contribution in [-0.2, 0) is 6.42 Å². The fourth-order valence-corrected chi connectivity index (χ4v) is 4.05. The van der Waals surface area contributed by atoms with E-state index >= 15 is 0 Å². The summed E-state index contributed by atoms with van der Waals surface area (Å²) in [7, 11) is 0. The van der Waals surface area contributed by atoms with Crippen LogP contribution in [0, 0.1) is 5.92 Å². The van der Waals surface area contributed by atoms with Crippen LogP contribution in [-0.4, -0.2) is 36.7 Å². The number of alkyl halides is 3. The number of likely N-dealkylation sites (tertiary alicyclic amines) is 1. The van der Waals surface area contributed by atoms with Crippen LogP contribution in [0.4, 0.5) is 18.0 Å². The predicted octanol–water partition coefficient (Wildman–Crippen LogP) is 4.43. The normalized spacial score (nSPS) is 16.5. The molecule has 2 heterocycles. The molecule has 0 unspecified atom stereocenters. The Morgan fingerprint density at radius 1 is 1.25 bits per heavy atom. The minimum Gasteiger partial charge on any atom is -0.338 e. The van der Waals surface area contributed by atoms with E-state index in [1.54, 1.807) is 11.3 Å². The van der Waals surface area contributed by atoms with Crippen LogP contribution in [0.5, 0.6) is 0 Å². The molecule has 0 radical (unpaired) electrons. The zero-order valence-corrected chi connectivity index (χ0v) is 13.9. The molecule has 7 heteroatoms. The molecule has 0 saturated carbocycles. The van der Waals surface area contributed by atoms with Gasteiger partial charge < -0.3 is 10.2 Å². The molecule has 0 spiro atoms. The van der Waals surface area contributed by atoms with Crippen LogP contribution in [0.2, 0.25) is 0 Å². The molecule has 1 N–H and O–H groups in total. The van der Waals surface area contributed by atoms with Crippen LogP contribution in [0.15, 0.2) is 29.6 Å². The van der Waals surface area contributed by atoms with Crippen molar-refractivity contribution in [3.8, 4) is 0 Å². The lowest BCUT2D eigenvalue weighted by atomic mass is 9.96. The first kappa shape index (κ1) is 17.1. The van der Waals surface area contributed by atoms with E-state index < -0.39 is 12.1 Å². The van der Waals surface area contributed by atoms with Crippen molar-refractivity contribution >= 4 is 27.5 Å². The quantitative estimate of drug-likeness (QED) is 0.867. The van der Waals surface area contributed by atoms with Crippen LogP contribution in [0.25, 0.3) is 10.1 Å². The number of amides is 2. The molecule has 2 aromatic rings. The van der Waals surface area contributed by atoms with Crippen LogP contribution < -0.4 is 5.32 Å². The van der Waals surface area contributed by atoms with Crippen LogP contribution >= 0.6 is 11.3 Å². The average Bonchev–Trinajstić information content (AvgIpc) is 2.97. The Morgan fingerprint density at radius 3 is 2.67 bits per heavy atom. The molecule has 2 amide bonds. The number of thiophene rings is 1. The van der Waals surface area contributed by atoms with E-state index in [9.17, 15) is 18.0 Å². The maximum Gasteiger partial charge on any atom is 0.391 e. The highest BCUT2D eigenvalue weighted by Crippen LogP contribution is 2.34. The molecule has 0 aliphatic carbocycles. The molecular weight excluding hydrogens is 337 g/mol. The number of halogens is 3. The molecule has 0 atom stereocenters. The highest BCUT2D eigenvalue weighted by Gasteiger charge is 2.41. The van der Waals surface area contributed by atoms with E-state index in [1.807, 2.05) is 12.1 Å². The predicted molar refractivity (Wildman–Crippen MR) is 89.3 cm³/mol. The highest BCUT2D eigenvalue weighted by atomic mass is 32.1. The summed E-state index contributed by atoms with van der Waals surface area (Å²) in [6.45, 7) is 0.813. The molecular formula is C17H19F3N2OS. The molecule has 1 saturated heterocycles. The van der Waals surface area contributed by atoms with E-state index in [1.165, 1.54) is 20.5 Å². The van der Waals surface area contributed by atoms with Crippen molar-refractivity contribution < 1.29 is 18.0 Å². The van der Waals surface area contributed by atoms with E-state index in [0.717, 1.165) is 6.42 Å². The third-order valence-corrected chi connectivity index (χ3v) is 5.49. The summed E-state index contributed by atoms with van der Waals surface area (Å²) in [6.07, 6.45) is -3.45. The van der Waals surface area contributed by atoms with Crippen molar-refractivity contribution in [3.05, 3.63) is 35.2 Å². The van der Waals surface area contributed by atoms with E-state index in [2.05, 4.69) is 22.8 Å². The fraction of sp³-hybridized carbons (Fsp3) is 0.471. The number of fused-ring (bicyclic) bond motifs is 1. The van der Waals surface area contributed by atoms with Crippen molar-refractivity contribution in [1.82, 2.24) is 10.2 Å². The van der Waals surface area contributed by atoms with Crippen molar-refractivity contribution in [2.24, 2.45) is 5.92 Å². The van der Waals surface area contributed by atoms with Gasteiger partial charge in [0.15, 0.2) is 0 Å². The summed E-state index contributed by atoms with van der Waals surface area (Å²) in [6, 6.07) is 7.84. The second kappa shape index (κ2) is 7.01. The number of rotatable bonds is 3. The number of carbonyl (C=O) groups is 1. The van der Waals surface area contributed by atoms with Crippen molar-refractivity contribution in [2.75, 3.05) is 19.6 Å². The van der Waals surface area contributed by atoms with Gasteiger partial charge in [0.05, 0.1) is 5.92 Å². The zero-order chi connectivity index (χ0) is 17.2. The second-order valence-corrected chi connectivity index (χ2v) is 6.95. The first-order valence-corrected chi connectivity index (χ1v) is 8.87. The Hall–Kier alpha value is -1.76. The first-order valence-electron chi connectivity index (χ1n) is 8.00. The fourth-order valence-electron chi connectivity index (χ4n) is 3.05. The highest BCUT2D eigenvalue weighted by molar-refractivity contribution is 7.17. The van der Waals surface area contributed by atoms with E-state index in [0.29, 0.717) is 6.54 Å². The molecule has 1 aliphatic rings. The van der Waals surface area contributed by atoms with E-state index in [4.69, 9.17) is 0 Å². The third-order valence-electron chi connectivity index (χ3n) is 4.48. The maximum atomic E-state index is 12.6. The summed E-state index contributed by atoms with van der Waals surface area (Å²) in [5.41, 5.74) is 1.19. The Bertz CT molecular complexity index is 705. The maximum absolute atomic E-state index is 12.6. The Kier molecular flexibility index (Phi) is 4.99. The van der Waals surface area contributed by atoms with E-state index in [-0.39, 0.29) is 32.0 Å². The summed E-state index contributed by atoms with van der Waals surface area (Å²) in [4.78, 5) is 13.6. The lowest BCUT2D eigenvalue weighted by Crippen LogP contribution is -2.46. The first-order chi connectivity index (χ1) is 11.4. The van der Waals surface area contributed by atoms with Gasteiger partial charge >= 0.3 is 12.2 Å². The van der Waals surface area contributed by atoms with Crippen LogP contribution in [0.3, 0.4) is 0 Å². The second-order valence-electron chi connectivity index (χ2n) is 6.04. The number of nitrogens with zero attached hydrogens (tertiary/aromatic N) is 1. The third kappa shape index (κ3) is 3.83. The van der Waals surface area contributed by atoms with Crippen molar-refractivity contribution in [2.45, 2.75) is 25.4 Å². The number of urea groups is 1. The number of nitrogens with one attached hydrogen (secondary N) is 1. The van der Waals surface area contributed by atoms with Gasteiger partial charge in [-0.15, -0.1) is 11.3 Å². The lowest BCUT2D eigenvalue weighted by molar-refractivity contribution is -0.183. The van der Waals surface area contributed by atoms with Crippen molar-refractivity contribution in [1.29, 1.82) is 0 Å². The Balaban J connectivity index is 1.47. The molecule has 130 valence electrons. The van der Waals surface area contributed by atoms with Gasteiger partial charge in [-0.05, 0) is 41.7 Å². The molecule has 1 fully saturated rings. The summed E-state index contributed by atoms with van der Waals surface area (Å²) in [5.74, 6) is -1.28. The minimum atomic E-state index is -4.15. The van der Waals surface area contributed by atoms with Gasteiger partial charge in [-0.25, -0.2) is 4.79 Å². The average molecular weight is 356 g/mol. The van der Waals surface area contributed by atoms with Gasteiger partial charge in [0, 0.05) is 24.3 Å². The number of benzene rings is 1. The monoisotopic (exact) mass is 356 g/mol. The minimum absolute atomic E-state index is 0.00785. The molecule has 1 aliphatic heterocycles. The molecule has 1 aromatic carbocycles. The zero-order valence-electron chi connectivity index (χ0n) is 13.1. The molecule has 3 rings (SSSR count). The van der Waals surface area contributed by atoms with Gasteiger partial charge in [-0.2, -0.15) is 13.2 Å². The SMILES string of the molecule is O=C(NCCc1csc2ccccc12)N1CCC(C(F)(F)F)CC1.